The van der Waals surface area contributed by atoms with Crippen LogP contribution in [0.5, 0.6) is 0 Å². The number of hydrogen-bond donors (Lipinski definition) is 2. The van der Waals surface area contributed by atoms with Crippen LogP contribution in [0.15, 0.2) is 5.38 Å². The lowest BCUT2D eigenvalue weighted by Crippen LogP contribution is -2.39. The number of rotatable bonds is 4. The first-order valence-electron chi connectivity index (χ1n) is 4.70. The first-order valence-corrected chi connectivity index (χ1v) is 5.96. The third-order valence-electron chi connectivity index (χ3n) is 2.87. The molecule has 1 aliphatic rings. The van der Waals surface area contributed by atoms with Crippen LogP contribution in [0, 0.1) is 5.41 Å². The molecule has 0 saturated heterocycles. The number of nitrogens with zero attached hydrogens (tertiary/aromatic N) is 1. The Morgan fingerprint density at radius 2 is 2.43 bits per heavy atom. The van der Waals surface area contributed by atoms with Crippen molar-refractivity contribution in [2.75, 3.05) is 18.5 Å². The third kappa shape index (κ3) is 2.02. The van der Waals surface area contributed by atoms with Crippen molar-refractivity contribution in [2.45, 2.75) is 19.3 Å². The number of aromatic nitrogens is 1. The highest BCUT2D eigenvalue weighted by molar-refractivity contribution is 7.14. The number of thiazole rings is 1. The fourth-order valence-corrected chi connectivity index (χ4v) is 2.40. The Bertz CT molecular complexity index is 306. The van der Waals surface area contributed by atoms with E-state index in [1.165, 1.54) is 17.8 Å². The second kappa shape index (κ2) is 4.04. The van der Waals surface area contributed by atoms with E-state index in [0.717, 1.165) is 25.2 Å². The molecule has 0 amide bonds. The van der Waals surface area contributed by atoms with Crippen molar-refractivity contribution in [3.05, 3.63) is 9.85 Å². The van der Waals surface area contributed by atoms with E-state index in [4.69, 9.17) is 11.6 Å². The summed E-state index contributed by atoms with van der Waals surface area (Å²) in [6.45, 7) is 1.06. The van der Waals surface area contributed by atoms with E-state index in [2.05, 4.69) is 10.3 Å². The van der Waals surface area contributed by atoms with Crippen LogP contribution in [-0.2, 0) is 0 Å². The quantitative estimate of drug-likeness (QED) is 0.838. The average molecular weight is 233 g/mol. The zero-order chi connectivity index (χ0) is 10.0. The van der Waals surface area contributed by atoms with Gasteiger partial charge in [-0.05, 0) is 12.8 Å². The van der Waals surface area contributed by atoms with Gasteiger partial charge in [0, 0.05) is 17.3 Å². The monoisotopic (exact) mass is 232 g/mol. The van der Waals surface area contributed by atoms with Crippen molar-refractivity contribution in [3.8, 4) is 0 Å². The lowest BCUT2D eigenvalue weighted by Gasteiger charge is -2.40. The highest BCUT2D eigenvalue weighted by Gasteiger charge is 2.36. The zero-order valence-corrected chi connectivity index (χ0v) is 9.37. The van der Waals surface area contributed by atoms with Gasteiger partial charge in [0.15, 0.2) is 4.47 Å². The number of hydrogen-bond acceptors (Lipinski definition) is 4. The smallest absolute Gasteiger partial charge is 0.185 e. The van der Waals surface area contributed by atoms with E-state index in [0.29, 0.717) is 4.47 Å². The molecule has 1 aromatic heterocycles. The molecule has 3 nitrogen and oxygen atoms in total. The van der Waals surface area contributed by atoms with Crippen molar-refractivity contribution in [1.82, 2.24) is 4.98 Å². The Morgan fingerprint density at radius 1 is 1.64 bits per heavy atom. The number of aliphatic hydroxyl groups is 1. The summed E-state index contributed by atoms with van der Waals surface area (Å²) < 4.78 is 0.555. The Kier molecular flexibility index (Phi) is 2.95. The van der Waals surface area contributed by atoms with Crippen LogP contribution in [0.3, 0.4) is 0 Å². The van der Waals surface area contributed by atoms with Crippen LogP contribution in [0.2, 0.25) is 4.47 Å². The molecule has 1 fully saturated rings. The van der Waals surface area contributed by atoms with Crippen molar-refractivity contribution in [1.29, 1.82) is 0 Å². The van der Waals surface area contributed by atoms with E-state index in [-0.39, 0.29) is 12.0 Å². The lowest BCUT2D eigenvalue weighted by atomic mass is 9.69. The van der Waals surface area contributed by atoms with Crippen LogP contribution in [0.4, 0.5) is 5.82 Å². The molecule has 2 rings (SSSR count). The maximum atomic E-state index is 9.24. The summed E-state index contributed by atoms with van der Waals surface area (Å²) in [5.74, 6) is 0.819. The van der Waals surface area contributed by atoms with Crippen molar-refractivity contribution in [2.24, 2.45) is 5.41 Å². The largest absolute Gasteiger partial charge is 0.396 e. The topological polar surface area (TPSA) is 45.1 Å². The van der Waals surface area contributed by atoms with Gasteiger partial charge in [0.25, 0.3) is 0 Å². The number of aliphatic hydroxyl groups excluding tert-OH is 1. The van der Waals surface area contributed by atoms with Crippen molar-refractivity contribution >= 4 is 28.8 Å². The maximum Gasteiger partial charge on any atom is 0.185 e. The molecule has 0 spiro atoms. The molecule has 0 aliphatic heterocycles. The molecule has 1 saturated carbocycles. The van der Waals surface area contributed by atoms with Crippen molar-refractivity contribution < 1.29 is 5.11 Å². The molecule has 0 bridgehead atoms. The zero-order valence-electron chi connectivity index (χ0n) is 7.79. The van der Waals surface area contributed by atoms with Gasteiger partial charge in [-0.2, -0.15) is 0 Å². The van der Waals surface area contributed by atoms with Crippen LogP contribution < -0.4 is 5.32 Å². The first kappa shape index (κ1) is 10.2. The van der Waals surface area contributed by atoms with E-state index < -0.39 is 0 Å². The second-order valence-corrected chi connectivity index (χ2v) is 5.29. The molecule has 5 heteroatoms. The summed E-state index contributed by atoms with van der Waals surface area (Å²) in [5, 5.41) is 14.3. The minimum absolute atomic E-state index is 0.0933. The molecular weight excluding hydrogens is 220 g/mol. The Balaban J connectivity index is 1.87. The van der Waals surface area contributed by atoms with E-state index in [1.54, 1.807) is 0 Å². The second-order valence-electron chi connectivity index (χ2n) is 3.85. The van der Waals surface area contributed by atoms with Gasteiger partial charge in [0.2, 0.25) is 0 Å². The first-order chi connectivity index (χ1) is 6.74. The lowest BCUT2D eigenvalue weighted by molar-refractivity contribution is 0.0576. The van der Waals surface area contributed by atoms with Gasteiger partial charge in [0.1, 0.15) is 5.82 Å². The van der Waals surface area contributed by atoms with Gasteiger partial charge in [0.05, 0.1) is 6.61 Å². The van der Waals surface area contributed by atoms with Gasteiger partial charge < -0.3 is 10.4 Å². The summed E-state index contributed by atoms with van der Waals surface area (Å²) >= 11 is 7.13. The minimum atomic E-state index is 0.0933. The van der Waals surface area contributed by atoms with Gasteiger partial charge in [-0.1, -0.05) is 18.0 Å². The molecule has 0 aromatic carbocycles. The van der Waals surface area contributed by atoms with Gasteiger partial charge in [-0.3, -0.25) is 0 Å². The van der Waals surface area contributed by atoms with Gasteiger partial charge in [-0.15, -0.1) is 11.3 Å². The number of halogens is 1. The Labute approximate surface area is 92.1 Å². The van der Waals surface area contributed by atoms with Crippen molar-refractivity contribution in [3.63, 3.8) is 0 Å². The Morgan fingerprint density at radius 3 is 2.86 bits per heavy atom. The predicted molar refractivity (Wildman–Crippen MR) is 59.0 cm³/mol. The summed E-state index contributed by atoms with van der Waals surface area (Å²) in [5.41, 5.74) is 0.0933. The van der Waals surface area contributed by atoms with E-state index >= 15 is 0 Å². The molecule has 2 N–H and O–H groups in total. The summed E-state index contributed by atoms with van der Waals surface area (Å²) in [4.78, 5) is 4.10. The highest BCUT2D eigenvalue weighted by Crippen LogP contribution is 2.40. The summed E-state index contributed by atoms with van der Waals surface area (Å²) in [6.07, 6.45) is 3.43. The maximum absolute atomic E-state index is 9.24. The SMILES string of the molecule is OCC1(CNc2csc(Cl)n2)CCC1. The van der Waals surface area contributed by atoms with E-state index in [9.17, 15) is 5.11 Å². The molecule has 78 valence electrons. The summed E-state index contributed by atoms with van der Waals surface area (Å²) in [6, 6.07) is 0. The molecule has 1 heterocycles. The average Bonchev–Trinajstić information content (AvgIpc) is 2.50. The van der Waals surface area contributed by atoms with Crippen LogP contribution >= 0.6 is 22.9 Å². The molecule has 0 unspecified atom stereocenters. The van der Waals surface area contributed by atoms with Crippen LogP contribution in [0.1, 0.15) is 19.3 Å². The standard InChI is InChI=1S/C9H13ClN2OS/c10-8-12-7(4-14-8)11-5-9(6-13)2-1-3-9/h4,11,13H,1-3,5-6H2. The van der Waals surface area contributed by atoms with Crippen LogP contribution in [0.25, 0.3) is 0 Å². The molecule has 0 radical (unpaired) electrons. The Hall–Kier alpha value is -0.320. The van der Waals surface area contributed by atoms with Gasteiger partial charge >= 0.3 is 0 Å². The van der Waals surface area contributed by atoms with Crippen LogP contribution in [-0.4, -0.2) is 23.2 Å². The van der Waals surface area contributed by atoms with E-state index in [1.807, 2.05) is 5.38 Å². The van der Waals surface area contributed by atoms with Gasteiger partial charge in [-0.25, -0.2) is 4.98 Å². The summed E-state index contributed by atoms with van der Waals surface area (Å²) in [7, 11) is 0. The minimum Gasteiger partial charge on any atom is -0.396 e. The number of anilines is 1. The fraction of sp³-hybridized carbons (Fsp3) is 0.667. The molecular formula is C9H13ClN2OS. The molecule has 1 aromatic rings. The highest BCUT2D eigenvalue weighted by atomic mass is 35.5. The molecule has 1 aliphatic carbocycles. The third-order valence-corrected chi connectivity index (χ3v) is 3.85. The normalized spacial score (nSPS) is 19.0. The molecule has 14 heavy (non-hydrogen) atoms. The fourth-order valence-electron chi connectivity index (χ4n) is 1.68. The number of nitrogens with one attached hydrogen (secondary N) is 1. The molecule has 0 atom stereocenters. The predicted octanol–water partition coefficient (Wildman–Crippen LogP) is 2.37.